The molecule has 0 spiro atoms. The highest BCUT2D eigenvalue weighted by atomic mass is 16.1. The van der Waals surface area contributed by atoms with Crippen molar-refractivity contribution >= 4 is 11.5 Å². The number of nitrogens with zero attached hydrogens (tertiary/aromatic N) is 2. The van der Waals surface area contributed by atoms with Gasteiger partial charge >= 0.3 is 0 Å². The highest BCUT2D eigenvalue weighted by Gasteiger charge is 2.10. The second-order valence-corrected chi connectivity index (χ2v) is 3.99. The molecule has 0 radical (unpaired) electrons. The standard InChI is InChI=1S/C14H14N2O/c1-16(2)12-7-5-6-11(10-12)14(17)13-8-3-4-9-15-13/h3-10H,1-2H3. The van der Waals surface area contributed by atoms with Crippen molar-refractivity contribution in [1.29, 1.82) is 0 Å². The summed E-state index contributed by atoms with van der Waals surface area (Å²) in [4.78, 5) is 18.2. The number of carbonyl (C=O) groups excluding carboxylic acids is 1. The van der Waals surface area contributed by atoms with E-state index in [1.165, 1.54) is 0 Å². The van der Waals surface area contributed by atoms with Gasteiger partial charge in [-0.3, -0.25) is 9.78 Å². The van der Waals surface area contributed by atoms with E-state index >= 15 is 0 Å². The maximum atomic E-state index is 12.1. The van der Waals surface area contributed by atoms with E-state index in [9.17, 15) is 4.79 Å². The van der Waals surface area contributed by atoms with E-state index < -0.39 is 0 Å². The molecule has 0 aliphatic carbocycles. The van der Waals surface area contributed by atoms with E-state index in [1.54, 1.807) is 18.3 Å². The Morgan fingerprint density at radius 1 is 1.12 bits per heavy atom. The fourth-order valence-corrected chi connectivity index (χ4v) is 1.57. The summed E-state index contributed by atoms with van der Waals surface area (Å²) < 4.78 is 0. The van der Waals surface area contributed by atoms with E-state index in [0.29, 0.717) is 11.3 Å². The summed E-state index contributed by atoms with van der Waals surface area (Å²) in [6, 6.07) is 12.9. The van der Waals surface area contributed by atoms with Crippen LogP contribution in [0.15, 0.2) is 48.7 Å². The van der Waals surface area contributed by atoms with Crippen molar-refractivity contribution in [3.8, 4) is 0 Å². The Morgan fingerprint density at radius 3 is 2.59 bits per heavy atom. The molecular weight excluding hydrogens is 212 g/mol. The predicted molar refractivity (Wildman–Crippen MR) is 68.4 cm³/mol. The van der Waals surface area contributed by atoms with Gasteiger partial charge in [0.2, 0.25) is 5.78 Å². The highest BCUT2D eigenvalue weighted by molar-refractivity contribution is 6.08. The molecule has 3 nitrogen and oxygen atoms in total. The molecule has 17 heavy (non-hydrogen) atoms. The molecule has 1 aromatic carbocycles. The number of pyridine rings is 1. The van der Waals surface area contributed by atoms with Crippen LogP contribution in [0.2, 0.25) is 0 Å². The number of ketones is 1. The zero-order valence-electron chi connectivity index (χ0n) is 9.92. The number of aromatic nitrogens is 1. The Kier molecular flexibility index (Phi) is 3.19. The van der Waals surface area contributed by atoms with Gasteiger partial charge in [0, 0.05) is 31.5 Å². The smallest absolute Gasteiger partial charge is 0.211 e. The summed E-state index contributed by atoms with van der Waals surface area (Å²) in [5.74, 6) is -0.0469. The Labute approximate surface area is 101 Å². The van der Waals surface area contributed by atoms with Crippen LogP contribution in [0, 0.1) is 0 Å². The maximum Gasteiger partial charge on any atom is 0.211 e. The lowest BCUT2D eigenvalue weighted by Crippen LogP contribution is -2.10. The van der Waals surface area contributed by atoms with Crippen LogP contribution in [-0.2, 0) is 0 Å². The zero-order chi connectivity index (χ0) is 12.3. The van der Waals surface area contributed by atoms with Crippen molar-refractivity contribution < 1.29 is 4.79 Å². The first-order valence-electron chi connectivity index (χ1n) is 5.41. The van der Waals surface area contributed by atoms with Gasteiger partial charge in [-0.05, 0) is 24.3 Å². The van der Waals surface area contributed by atoms with Gasteiger partial charge in [0.1, 0.15) is 5.69 Å². The molecule has 0 aliphatic heterocycles. The fraction of sp³-hybridized carbons (Fsp3) is 0.143. The van der Waals surface area contributed by atoms with Crippen molar-refractivity contribution in [2.24, 2.45) is 0 Å². The molecule has 0 amide bonds. The van der Waals surface area contributed by atoms with Gasteiger partial charge in [0.15, 0.2) is 0 Å². The molecule has 0 N–H and O–H groups in total. The van der Waals surface area contributed by atoms with Crippen LogP contribution in [0.1, 0.15) is 16.1 Å². The number of benzene rings is 1. The lowest BCUT2D eigenvalue weighted by molar-refractivity contribution is 0.103. The number of rotatable bonds is 3. The molecule has 0 unspecified atom stereocenters. The number of carbonyl (C=O) groups is 1. The predicted octanol–water partition coefficient (Wildman–Crippen LogP) is 2.38. The third kappa shape index (κ3) is 2.50. The molecule has 0 atom stereocenters. The monoisotopic (exact) mass is 226 g/mol. The molecule has 0 fully saturated rings. The molecule has 2 rings (SSSR count). The summed E-state index contributed by atoms with van der Waals surface area (Å²) in [5, 5.41) is 0. The summed E-state index contributed by atoms with van der Waals surface area (Å²) in [6.45, 7) is 0. The average molecular weight is 226 g/mol. The van der Waals surface area contributed by atoms with Gasteiger partial charge in [-0.1, -0.05) is 18.2 Å². The van der Waals surface area contributed by atoms with Crippen LogP contribution in [-0.4, -0.2) is 24.9 Å². The normalized spacial score (nSPS) is 10.0. The Balaban J connectivity index is 2.35. The van der Waals surface area contributed by atoms with Gasteiger partial charge in [-0.2, -0.15) is 0 Å². The largest absolute Gasteiger partial charge is 0.378 e. The first-order chi connectivity index (χ1) is 8.18. The average Bonchev–Trinajstić information content (AvgIpc) is 2.39. The highest BCUT2D eigenvalue weighted by Crippen LogP contribution is 2.15. The van der Waals surface area contributed by atoms with E-state index in [-0.39, 0.29) is 5.78 Å². The zero-order valence-corrected chi connectivity index (χ0v) is 9.92. The molecule has 1 aromatic heterocycles. The van der Waals surface area contributed by atoms with E-state index in [2.05, 4.69) is 4.98 Å². The van der Waals surface area contributed by atoms with Gasteiger partial charge in [0.25, 0.3) is 0 Å². The van der Waals surface area contributed by atoms with Gasteiger partial charge in [0.05, 0.1) is 0 Å². The second kappa shape index (κ2) is 4.78. The van der Waals surface area contributed by atoms with Gasteiger partial charge in [-0.25, -0.2) is 0 Å². The fourth-order valence-electron chi connectivity index (χ4n) is 1.57. The molecule has 0 saturated heterocycles. The van der Waals surface area contributed by atoms with Crippen molar-refractivity contribution in [3.63, 3.8) is 0 Å². The molecule has 0 aliphatic rings. The minimum atomic E-state index is -0.0469. The van der Waals surface area contributed by atoms with Gasteiger partial charge in [-0.15, -0.1) is 0 Å². The Hall–Kier alpha value is -2.16. The summed E-state index contributed by atoms with van der Waals surface area (Å²) in [5.41, 5.74) is 2.14. The van der Waals surface area contributed by atoms with Crippen LogP contribution in [0.4, 0.5) is 5.69 Å². The van der Waals surface area contributed by atoms with Crippen LogP contribution in [0.3, 0.4) is 0 Å². The number of hydrogen-bond acceptors (Lipinski definition) is 3. The van der Waals surface area contributed by atoms with E-state index in [1.807, 2.05) is 49.3 Å². The lowest BCUT2D eigenvalue weighted by atomic mass is 10.1. The second-order valence-electron chi connectivity index (χ2n) is 3.99. The van der Waals surface area contributed by atoms with Crippen LogP contribution < -0.4 is 4.90 Å². The topological polar surface area (TPSA) is 33.2 Å². The number of anilines is 1. The van der Waals surface area contributed by atoms with Crippen molar-refractivity contribution in [1.82, 2.24) is 4.98 Å². The van der Waals surface area contributed by atoms with Crippen LogP contribution in [0.5, 0.6) is 0 Å². The molecule has 2 aromatic rings. The lowest BCUT2D eigenvalue weighted by Gasteiger charge is -2.12. The first-order valence-corrected chi connectivity index (χ1v) is 5.41. The molecule has 0 saturated carbocycles. The maximum absolute atomic E-state index is 12.1. The van der Waals surface area contributed by atoms with Crippen LogP contribution >= 0.6 is 0 Å². The van der Waals surface area contributed by atoms with E-state index in [0.717, 1.165) is 5.69 Å². The van der Waals surface area contributed by atoms with E-state index in [4.69, 9.17) is 0 Å². The molecular formula is C14H14N2O. The Bertz CT molecular complexity index is 521. The van der Waals surface area contributed by atoms with Crippen molar-refractivity contribution in [2.45, 2.75) is 0 Å². The molecule has 3 heteroatoms. The summed E-state index contributed by atoms with van der Waals surface area (Å²) in [6.07, 6.45) is 1.63. The van der Waals surface area contributed by atoms with Crippen LogP contribution in [0.25, 0.3) is 0 Å². The van der Waals surface area contributed by atoms with Crippen molar-refractivity contribution in [3.05, 3.63) is 59.9 Å². The minimum absolute atomic E-state index is 0.0469. The SMILES string of the molecule is CN(C)c1cccc(C(=O)c2ccccn2)c1. The summed E-state index contributed by atoms with van der Waals surface area (Å²) in [7, 11) is 3.90. The molecule has 1 heterocycles. The Morgan fingerprint density at radius 2 is 1.94 bits per heavy atom. The third-order valence-corrected chi connectivity index (χ3v) is 2.52. The first kappa shape index (κ1) is 11.3. The summed E-state index contributed by atoms with van der Waals surface area (Å²) >= 11 is 0. The molecule has 86 valence electrons. The minimum Gasteiger partial charge on any atom is -0.378 e. The third-order valence-electron chi connectivity index (χ3n) is 2.52. The quantitative estimate of drug-likeness (QED) is 0.753. The van der Waals surface area contributed by atoms with Crippen molar-refractivity contribution in [2.75, 3.05) is 19.0 Å². The molecule has 0 bridgehead atoms. The van der Waals surface area contributed by atoms with Gasteiger partial charge < -0.3 is 4.90 Å². The number of hydrogen-bond donors (Lipinski definition) is 0.